The molecule has 0 fully saturated rings. The molecule has 0 saturated carbocycles. The Bertz CT molecular complexity index is 2100. The van der Waals surface area contributed by atoms with Crippen LogP contribution in [0.25, 0.3) is 27.9 Å². The Labute approximate surface area is 230 Å². The highest BCUT2D eigenvalue weighted by Crippen LogP contribution is 2.35. The maximum Gasteiger partial charge on any atom is 0.262 e. The number of nitrogens with zero attached hydrogens (tertiary/aromatic N) is 5. The molecule has 14 heteroatoms. The van der Waals surface area contributed by atoms with Gasteiger partial charge in [-0.15, -0.1) is 0 Å². The van der Waals surface area contributed by atoms with E-state index in [9.17, 15) is 12.8 Å². The second kappa shape index (κ2) is 9.38. The van der Waals surface area contributed by atoms with Gasteiger partial charge >= 0.3 is 0 Å². The number of hydrogen-bond acceptors (Lipinski definition) is 9. The van der Waals surface area contributed by atoms with Crippen LogP contribution in [0.15, 0.2) is 84.3 Å². The average molecular weight is 574 g/mol. The smallest absolute Gasteiger partial charge is 0.262 e. The molecule has 2 N–H and O–H groups in total. The number of pyridine rings is 1. The van der Waals surface area contributed by atoms with E-state index < -0.39 is 33.0 Å². The number of fused-ring (bicyclic) bond motifs is 3. The van der Waals surface area contributed by atoms with Crippen molar-refractivity contribution >= 4 is 49.3 Å². The molecule has 0 unspecified atom stereocenters. The summed E-state index contributed by atoms with van der Waals surface area (Å²) in [4.78, 5) is 17.2. The van der Waals surface area contributed by atoms with Gasteiger partial charge in [-0.05, 0) is 48.5 Å². The molecule has 0 radical (unpaired) electrons. The molecule has 4 heterocycles. The van der Waals surface area contributed by atoms with Gasteiger partial charge in [-0.25, -0.2) is 37.1 Å². The Balaban J connectivity index is 1.25. The topological polar surface area (TPSA) is 133 Å². The van der Waals surface area contributed by atoms with Crippen molar-refractivity contribution < 1.29 is 26.7 Å². The molecule has 0 spiro atoms. The molecule has 204 valence electrons. The van der Waals surface area contributed by atoms with Crippen LogP contribution in [0.2, 0.25) is 0 Å². The first-order chi connectivity index (χ1) is 19.9. The molecule has 7 rings (SSSR count). The van der Waals surface area contributed by atoms with Crippen molar-refractivity contribution in [3.05, 3.63) is 91.0 Å². The lowest BCUT2D eigenvalue weighted by Gasteiger charge is -2.14. The summed E-state index contributed by atoms with van der Waals surface area (Å²) in [5.74, 6) is -1.04. The standard InChI is InChI=1S/C27H17F2N7O4S/c28-16-6-7-18(35-41(37,38)15-5-9-21-22(11-15)40-14-39-21)24(29)25(16)34-27-26-19(30-12-31-27)8-10-23(33-26)36-13-32-17-3-1-2-4-20(17)36/h1-13,35H,14H2,(H,30,31,34). The number of halogens is 2. The van der Waals surface area contributed by atoms with Gasteiger partial charge in [-0.2, -0.15) is 0 Å². The Morgan fingerprint density at radius 2 is 1.73 bits per heavy atom. The third kappa shape index (κ3) is 4.30. The van der Waals surface area contributed by atoms with Crippen molar-refractivity contribution in [3.8, 4) is 17.3 Å². The molecule has 6 aromatic rings. The monoisotopic (exact) mass is 573 g/mol. The lowest BCUT2D eigenvalue weighted by Crippen LogP contribution is -2.15. The molecular weight excluding hydrogens is 556 g/mol. The molecule has 0 bridgehead atoms. The number of hydrogen-bond donors (Lipinski definition) is 2. The molecule has 41 heavy (non-hydrogen) atoms. The zero-order chi connectivity index (χ0) is 28.1. The van der Waals surface area contributed by atoms with Crippen molar-refractivity contribution in [1.82, 2.24) is 24.5 Å². The van der Waals surface area contributed by atoms with Crippen molar-refractivity contribution in [2.75, 3.05) is 16.8 Å². The van der Waals surface area contributed by atoms with Crippen molar-refractivity contribution in [1.29, 1.82) is 0 Å². The van der Waals surface area contributed by atoms with E-state index in [1.165, 1.54) is 24.5 Å². The molecule has 0 saturated heterocycles. The first-order valence-electron chi connectivity index (χ1n) is 12.1. The van der Waals surface area contributed by atoms with Crippen LogP contribution in [0.3, 0.4) is 0 Å². The summed E-state index contributed by atoms with van der Waals surface area (Å²) in [7, 11) is -4.27. The fourth-order valence-electron chi connectivity index (χ4n) is 4.41. The van der Waals surface area contributed by atoms with E-state index in [0.717, 1.165) is 23.2 Å². The minimum absolute atomic E-state index is 0.00912. The lowest BCUT2D eigenvalue weighted by atomic mass is 10.2. The van der Waals surface area contributed by atoms with E-state index in [-0.39, 0.29) is 28.8 Å². The van der Waals surface area contributed by atoms with Crippen molar-refractivity contribution in [2.24, 2.45) is 0 Å². The number of imidazole rings is 1. The number of rotatable bonds is 6. The van der Waals surface area contributed by atoms with Crippen LogP contribution in [0, 0.1) is 11.6 Å². The van der Waals surface area contributed by atoms with Crippen molar-refractivity contribution in [2.45, 2.75) is 4.90 Å². The van der Waals surface area contributed by atoms with Gasteiger partial charge in [0.2, 0.25) is 6.79 Å². The maximum atomic E-state index is 15.6. The molecule has 0 aliphatic carbocycles. The molecule has 1 aliphatic heterocycles. The van der Waals surface area contributed by atoms with E-state index in [1.807, 2.05) is 24.3 Å². The number of para-hydroxylation sites is 2. The van der Waals surface area contributed by atoms with E-state index in [2.05, 4.69) is 30.0 Å². The first kappa shape index (κ1) is 24.7. The number of aromatic nitrogens is 5. The number of benzene rings is 3. The zero-order valence-corrected chi connectivity index (χ0v) is 21.6. The van der Waals surface area contributed by atoms with E-state index in [1.54, 1.807) is 23.0 Å². The third-order valence-corrected chi connectivity index (χ3v) is 7.76. The van der Waals surface area contributed by atoms with E-state index >= 15 is 4.39 Å². The van der Waals surface area contributed by atoms with Crippen LogP contribution in [-0.4, -0.2) is 39.7 Å². The molecular formula is C27H17F2N7O4S. The quantitative estimate of drug-likeness (QED) is 0.285. The van der Waals surface area contributed by atoms with Crippen LogP contribution < -0.4 is 19.5 Å². The van der Waals surface area contributed by atoms with Gasteiger partial charge in [-0.3, -0.25) is 9.29 Å². The van der Waals surface area contributed by atoms with Crippen LogP contribution >= 0.6 is 0 Å². The predicted octanol–water partition coefficient (Wildman–Crippen LogP) is 4.92. The number of anilines is 3. The minimum Gasteiger partial charge on any atom is -0.454 e. The Morgan fingerprint density at radius 1 is 0.878 bits per heavy atom. The van der Waals surface area contributed by atoms with Gasteiger partial charge in [0, 0.05) is 6.07 Å². The van der Waals surface area contributed by atoms with E-state index in [4.69, 9.17) is 9.47 Å². The van der Waals surface area contributed by atoms with Gasteiger partial charge in [0.1, 0.15) is 35.5 Å². The van der Waals surface area contributed by atoms with Crippen LogP contribution in [0.4, 0.5) is 26.0 Å². The first-order valence-corrected chi connectivity index (χ1v) is 13.6. The van der Waals surface area contributed by atoms with Gasteiger partial charge in [-0.1, -0.05) is 12.1 Å². The largest absolute Gasteiger partial charge is 0.454 e. The Hall–Kier alpha value is -5.37. The van der Waals surface area contributed by atoms with Crippen LogP contribution in [0.5, 0.6) is 11.5 Å². The van der Waals surface area contributed by atoms with Crippen molar-refractivity contribution in [3.63, 3.8) is 0 Å². The summed E-state index contributed by atoms with van der Waals surface area (Å²) >= 11 is 0. The van der Waals surface area contributed by atoms with Gasteiger partial charge in [0.05, 0.1) is 27.1 Å². The summed E-state index contributed by atoms with van der Waals surface area (Å²) in [5, 5.41) is 2.63. The fourth-order valence-corrected chi connectivity index (χ4v) is 5.48. The maximum absolute atomic E-state index is 15.6. The van der Waals surface area contributed by atoms with E-state index in [0.29, 0.717) is 17.1 Å². The average Bonchev–Trinajstić information content (AvgIpc) is 3.63. The summed E-state index contributed by atoms with van der Waals surface area (Å²) in [6.07, 6.45) is 2.84. The SMILES string of the molecule is O=S(=O)(Nc1ccc(F)c(Nc2ncnc3ccc(-n4cnc5ccccc54)nc23)c1F)c1ccc2c(c1)OCO2. The Kier molecular flexibility index (Phi) is 5.64. The fraction of sp³-hybridized carbons (Fsp3) is 0.0370. The van der Waals surface area contributed by atoms with Crippen LogP contribution in [-0.2, 0) is 10.0 Å². The highest BCUT2D eigenvalue weighted by atomic mass is 32.2. The van der Waals surface area contributed by atoms with Crippen LogP contribution in [0.1, 0.15) is 0 Å². The van der Waals surface area contributed by atoms with Gasteiger partial charge in [0.15, 0.2) is 23.1 Å². The molecule has 1 aliphatic rings. The Morgan fingerprint density at radius 3 is 2.63 bits per heavy atom. The molecule has 0 amide bonds. The molecule has 3 aromatic heterocycles. The summed E-state index contributed by atoms with van der Waals surface area (Å²) < 4.78 is 70.9. The minimum atomic E-state index is -4.27. The molecule has 3 aromatic carbocycles. The third-order valence-electron chi connectivity index (χ3n) is 6.40. The lowest BCUT2D eigenvalue weighted by molar-refractivity contribution is 0.174. The zero-order valence-electron chi connectivity index (χ0n) is 20.7. The summed E-state index contributed by atoms with van der Waals surface area (Å²) in [5.41, 5.74) is 1.11. The number of sulfonamides is 1. The second-order valence-electron chi connectivity index (χ2n) is 8.89. The van der Waals surface area contributed by atoms with Gasteiger partial charge < -0.3 is 14.8 Å². The summed E-state index contributed by atoms with van der Waals surface area (Å²) in [6, 6.07) is 16.8. The predicted molar refractivity (Wildman–Crippen MR) is 145 cm³/mol. The normalized spacial score (nSPS) is 12.6. The highest BCUT2D eigenvalue weighted by molar-refractivity contribution is 7.92. The van der Waals surface area contributed by atoms with Gasteiger partial charge in [0.25, 0.3) is 10.0 Å². The highest BCUT2D eigenvalue weighted by Gasteiger charge is 2.24. The number of nitrogens with one attached hydrogen (secondary N) is 2. The summed E-state index contributed by atoms with van der Waals surface area (Å²) in [6.45, 7) is -0.0408. The second-order valence-corrected chi connectivity index (χ2v) is 10.6. The molecule has 0 atom stereocenters. The number of ether oxygens (including phenoxy) is 2. The molecule has 11 nitrogen and oxygen atoms in total.